The van der Waals surface area contributed by atoms with Crippen LogP contribution in [0.15, 0.2) is 167 Å². The van der Waals surface area contributed by atoms with Crippen molar-refractivity contribution in [3.05, 3.63) is 158 Å². The minimum absolute atomic E-state index is 0.791. The van der Waals surface area contributed by atoms with Gasteiger partial charge in [-0.05, 0) is 68.1 Å². The summed E-state index contributed by atoms with van der Waals surface area (Å²) in [7, 11) is 0. The first-order chi connectivity index (χ1) is 22.8. The number of fused-ring (bicyclic) bond motifs is 9. The van der Waals surface area contributed by atoms with Crippen LogP contribution in [0.5, 0.6) is 0 Å². The molecule has 0 unspecified atom stereocenters. The Bertz CT molecular complexity index is 2740. The highest BCUT2D eigenvalue weighted by Gasteiger charge is 2.22. The van der Waals surface area contributed by atoms with E-state index in [2.05, 4.69) is 146 Å². The quantitative estimate of drug-likeness (QED) is 0.193. The first-order valence-electron chi connectivity index (χ1n) is 15.7. The Morgan fingerprint density at radius 2 is 0.783 bits per heavy atom. The largest absolute Gasteiger partial charge is 0.452 e. The van der Waals surface area contributed by atoms with E-state index < -0.39 is 0 Å². The fourth-order valence-corrected chi connectivity index (χ4v) is 7.45. The summed E-state index contributed by atoms with van der Waals surface area (Å²) in [6.45, 7) is 0. The Morgan fingerprint density at radius 3 is 1.52 bits per heavy atom. The first kappa shape index (κ1) is 25.2. The van der Waals surface area contributed by atoms with E-state index in [1.807, 2.05) is 12.1 Å². The molecule has 2 heteroatoms. The molecule has 0 atom stereocenters. The van der Waals surface area contributed by atoms with E-state index in [4.69, 9.17) is 8.83 Å². The van der Waals surface area contributed by atoms with Gasteiger partial charge in [-0.15, -0.1) is 0 Å². The van der Waals surface area contributed by atoms with Gasteiger partial charge in [-0.25, -0.2) is 0 Å². The summed E-state index contributed by atoms with van der Waals surface area (Å²) in [4.78, 5) is 0. The van der Waals surface area contributed by atoms with Crippen LogP contribution in [-0.4, -0.2) is 0 Å². The van der Waals surface area contributed by atoms with E-state index in [0.29, 0.717) is 0 Å². The van der Waals surface area contributed by atoms with Crippen molar-refractivity contribution < 1.29 is 8.83 Å². The summed E-state index contributed by atoms with van der Waals surface area (Å²) < 4.78 is 13.3. The topological polar surface area (TPSA) is 26.3 Å². The summed E-state index contributed by atoms with van der Waals surface area (Å²) in [5.74, 6) is 0. The van der Waals surface area contributed by atoms with Crippen LogP contribution >= 0.6 is 0 Å². The number of para-hydroxylation sites is 2. The SMILES string of the molecule is c1ccc(-c2cccc(-c3c4ccccc4c(-c4cccc5c4oc4c5ccc5c6ccccc6oc54)c4ccccc34)c2)cc1. The summed E-state index contributed by atoms with van der Waals surface area (Å²) >= 11 is 0. The van der Waals surface area contributed by atoms with Gasteiger partial charge in [0.05, 0.1) is 0 Å². The molecule has 0 bridgehead atoms. The molecule has 0 aliphatic carbocycles. The van der Waals surface area contributed by atoms with Crippen molar-refractivity contribution in [2.75, 3.05) is 0 Å². The second kappa shape index (κ2) is 9.69. The van der Waals surface area contributed by atoms with Crippen LogP contribution in [0.1, 0.15) is 0 Å². The molecule has 0 spiro atoms. The second-order valence-corrected chi connectivity index (χ2v) is 12.0. The van der Waals surface area contributed by atoms with Crippen molar-refractivity contribution in [1.82, 2.24) is 0 Å². The molecule has 46 heavy (non-hydrogen) atoms. The summed E-state index contributed by atoms with van der Waals surface area (Å²) in [5, 5.41) is 9.15. The molecule has 0 saturated carbocycles. The lowest BCUT2D eigenvalue weighted by Crippen LogP contribution is -1.91. The van der Waals surface area contributed by atoms with Gasteiger partial charge < -0.3 is 8.83 Å². The maximum Gasteiger partial charge on any atom is 0.178 e. The van der Waals surface area contributed by atoms with Gasteiger partial charge in [0, 0.05) is 32.7 Å². The maximum absolute atomic E-state index is 6.86. The standard InChI is InChI=1S/C44H26O2/c1-2-12-27(13-3-1)28-14-10-15-29(26-28)40-31-17-4-6-19-33(31)41(34-20-7-5-18-32(34)40)38-22-11-21-35-37-25-24-36-30-16-8-9-23-39(30)45-43(36)44(37)46-42(35)38/h1-26H. The van der Waals surface area contributed by atoms with Crippen LogP contribution in [0.25, 0.3) is 98.8 Å². The molecule has 0 aliphatic rings. The van der Waals surface area contributed by atoms with Gasteiger partial charge >= 0.3 is 0 Å². The molecular formula is C44H26O2. The van der Waals surface area contributed by atoms with Gasteiger partial charge in [0.2, 0.25) is 0 Å². The Hall–Kier alpha value is -6.12. The first-order valence-corrected chi connectivity index (χ1v) is 15.7. The number of furan rings is 2. The predicted octanol–water partition coefficient (Wildman–Crippen LogP) is 12.8. The average Bonchev–Trinajstić information content (AvgIpc) is 3.70. The lowest BCUT2D eigenvalue weighted by Gasteiger charge is -2.18. The van der Waals surface area contributed by atoms with E-state index in [9.17, 15) is 0 Å². The van der Waals surface area contributed by atoms with Crippen molar-refractivity contribution in [1.29, 1.82) is 0 Å². The fraction of sp³-hybridized carbons (Fsp3) is 0. The lowest BCUT2D eigenvalue weighted by atomic mass is 9.85. The molecule has 0 N–H and O–H groups in total. The van der Waals surface area contributed by atoms with Crippen LogP contribution in [-0.2, 0) is 0 Å². The van der Waals surface area contributed by atoms with Crippen LogP contribution in [0.4, 0.5) is 0 Å². The van der Waals surface area contributed by atoms with Gasteiger partial charge in [0.1, 0.15) is 11.2 Å². The zero-order valence-electron chi connectivity index (χ0n) is 24.8. The molecule has 0 amide bonds. The van der Waals surface area contributed by atoms with Gasteiger partial charge in [-0.1, -0.05) is 133 Å². The molecule has 10 aromatic rings. The van der Waals surface area contributed by atoms with E-state index in [0.717, 1.165) is 49.4 Å². The van der Waals surface area contributed by atoms with E-state index >= 15 is 0 Å². The molecule has 214 valence electrons. The lowest BCUT2D eigenvalue weighted by molar-refractivity contribution is 0.634. The summed E-state index contributed by atoms with van der Waals surface area (Å²) in [5.41, 5.74) is 10.5. The summed E-state index contributed by atoms with van der Waals surface area (Å²) in [6, 6.07) is 56.1. The Morgan fingerprint density at radius 1 is 0.283 bits per heavy atom. The Labute approximate surface area is 264 Å². The van der Waals surface area contributed by atoms with Crippen molar-refractivity contribution in [2.45, 2.75) is 0 Å². The van der Waals surface area contributed by atoms with E-state index in [-0.39, 0.29) is 0 Å². The third-order valence-electron chi connectivity index (χ3n) is 9.47. The summed E-state index contributed by atoms with van der Waals surface area (Å²) in [6.07, 6.45) is 0. The monoisotopic (exact) mass is 586 g/mol. The van der Waals surface area contributed by atoms with Crippen LogP contribution in [0, 0.1) is 0 Å². The molecule has 10 rings (SSSR count). The smallest absolute Gasteiger partial charge is 0.178 e. The third-order valence-corrected chi connectivity index (χ3v) is 9.47. The van der Waals surface area contributed by atoms with Crippen LogP contribution in [0.2, 0.25) is 0 Å². The van der Waals surface area contributed by atoms with Crippen LogP contribution in [0.3, 0.4) is 0 Å². The van der Waals surface area contributed by atoms with Crippen molar-refractivity contribution >= 4 is 65.4 Å². The molecule has 8 aromatic carbocycles. The fourth-order valence-electron chi connectivity index (χ4n) is 7.45. The number of rotatable bonds is 3. The highest BCUT2D eigenvalue weighted by molar-refractivity contribution is 6.25. The highest BCUT2D eigenvalue weighted by atomic mass is 16.4. The Balaban J connectivity index is 1.29. The second-order valence-electron chi connectivity index (χ2n) is 12.0. The average molecular weight is 587 g/mol. The molecule has 2 aromatic heterocycles. The number of benzene rings is 8. The third kappa shape index (κ3) is 3.59. The van der Waals surface area contributed by atoms with Gasteiger partial charge in [-0.3, -0.25) is 0 Å². The molecule has 0 saturated heterocycles. The Kier molecular flexibility index (Phi) is 5.31. The van der Waals surface area contributed by atoms with Gasteiger partial charge in [0.15, 0.2) is 11.2 Å². The molecule has 0 radical (unpaired) electrons. The van der Waals surface area contributed by atoms with E-state index in [1.54, 1.807) is 0 Å². The molecule has 2 heterocycles. The molecule has 2 nitrogen and oxygen atoms in total. The van der Waals surface area contributed by atoms with E-state index in [1.165, 1.54) is 49.4 Å². The zero-order valence-corrected chi connectivity index (χ0v) is 24.8. The molecule has 0 aliphatic heterocycles. The minimum atomic E-state index is 0.791. The number of hydrogen-bond donors (Lipinski definition) is 0. The van der Waals surface area contributed by atoms with Crippen molar-refractivity contribution in [2.24, 2.45) is 0 Å². The maximum atomic E-state index is 6.86. The van der Waals surface area contributed by atoms with Gasteiger partial charge in [-0.2, -0.15) is 0 Å². The normalized spacial score (nSPS) is 11.9. The predicted molar refractivity (Wildman–Crippen MR) is 192 cm³/mol. The minimum Gasteiger partial charge on any atom is -0.452 e. The highest BCUT2D eigenvalue weighted by Crippen LogP contribution is 2.47. The van der Waals surface area contributed by atoms with Crippen molar-refractivity contribution in [3.8, 4) is 33.4 Å². The molecular weight excluding hydrogens is 560 g/mol. The van der Waals surface area contributed by atoms with Gasteiger partial charge in [0.25, 0.3) is 0 Å². The van der Waals surface area contributed by atoms with Crippen LogP contribution < -0.4 is 0 Å². The zero-order chi connectivity index (χ0) is 30.2. The number of hydrogen-bond acceptors (Lipinski definition) is 2. The molecule has 0 fully saturated rings. The van der Waals surface area contributed by atoms with Crippen molar-refractivity contribution in [3.63, 3.8) is 0 Å².